The molecule has 17 heavy (non-hydrogen) atoms. The van der Waals surface area contributed by atoms with Crippen molar-refractivity contribution in [2.45, 2.75) is 20.4 Å². The Kier molecular flexibility index (Phi) is 4.31. The third-order valence-electron chi connectivity index (χ3n) is 2.46. The fourth-order valence-electron chi connectivity index (χ4n) is 1.56. The van der Waals surface area contributed by atoms with E-state index in [1.165, 1.54) is 16.0 Å². The number of aromatic nitrogens is 1. The summed E-state index contributed by atoms with van der Waals surface area (Å²) in [4.78, 5) is 5.75. The number of hydrogen-bond acceptors (Lipinski definition) is 3. The fraction of sp³-hybridized carbons (Fsp3) is 0.308. The lowest BCUT2D eigenvalue weighted by Gasteiger charge is -2.01. The zero-order valence-electron chi connectivity index (χ0n) is 9.96. The molecule has 0 aliphatic rings. The van der Waals surface area contributed by atoms with Crippen LogP contribution in [0.25, 0.3) is 10.6 Å². The zero-order valence-corrected chi connectivity index (χ0v) is 12.4. The molecule has 1 aromatic carbocycles. The van der Waals surface area contributed by atoms with Gasteiger partial charge in [0.1, 0.15) is 5.01 Å². The monoisotopic (exact) mass is 310 g/mol. The van der Waals surface area contributed by atoms with Gasteiger partial charge >= 0.3 is 0 Å². The maximum absolute atomic E-state index is 4.48. The van der Waals surface area contributed by atoms with Gasteiger partial charge in [0.05, 0.1) is 0 Å². The van der Waals surface area contributed by atoms with Gasteiger partial charge in [-0.3, -0.25) is 0 Å². The maximum Gasteiger partial charge on any atom is 0.124 e. The van der Waals surface area contributed by atoms with E-state index in [1.807, 2.05) is 6.20 Å². The predicted octanol–water partition coefficient (Wildman–Crippen LogP) is 3.99. The Labute approximate surface area is 114 Å². The van der Waals surface area contributed by atoms with Crippen molar-refractivity contribution < 1.29 is 0 Å². The molecule has 0 saturated carbocycles. The summed E-state index contributed by atoms with van der Waals surface area (Å²) in [5.74, 6) is 0. The number of rotatable bonds is 4. The first-order valence-electron chi connectivity index (χ1n) is 5.62. The molecule has 1 N–H and O–H groups in total. The quantitative estimate of drug-likeness (QED) is 0.923. The van der Waals surface area contributed by atoms with Crippen molar-refractivity contribution in [1.29, 1.82) is 0 Å². The lowest BCUT2D eigenvalue weighted by Crippen LogP contribution is -2.10. The van der Waals surface area contributed by atoms with Gasteiger partial charge in [-0.15, -0.1) is 11.3 Å². The van der Waals surface area contributed by atoms with Crippen LogP contribution in [0.2, 0.25) is 0 Å². The Balaban J connectivity index is 2.24. The number of hydrogen-bond donors (Lipinski definition) is 1. The molecule has 2 aromatic rings. The highest BCUT2D eigenvalue weighted by atomic mass is 79.9. The molecule has 0 amide bonds. The smallest absolute Gasteiger partial charge is 0.124 e. The van der Waals surface area contributed by atoms with Gasteiger partial charge in [0.25, 0.3) is 0 Å². The average Bonchev–Trinajstić information content (AvgIpc) is 2.75. The molecule has 90 valence electrons. The second-order valence-electron chi connectivity index (χ2n) is 3.90. The highest BCUT2D eigenvalue weighted by Gasteiger charge is 2.08. The first kappa shape index (κ1) is 12.7. The van der Waals surface area contributed by atoms with Crippen LogP contribution in [0.5, 0.6) is 0 Å². The summed E-state index contributed by atoms with van der Waals surface area (Å²) in [5, 5.41) is 4.39. The van der Waals surface area contributed by atoms with Crippen molar-refractivity contribution in [1.82, 2.24) is 10.3 Å². The summed E-state index contributed by atoms with van der Waals surface area (Å²) in [6.45, 7) is 6.09. The summed E-state index contributed by atoms with van der Waals surface area (Å²) >= 11 is 5.34. The van der Waals surface area contributed by atoms with Gasteiger partial charge in [-0.1, -0.05) is 35.0 Å². The van der Waals surface area contributed by atoms with Crippen LogP contribution in [0, 0.1) is 6.92 Å². The van der Waals surface area contributed by atoms with Crippen LogP contribution in [0.1, 0.15) is 17.4 Å². The predicted molar refractivity (Wildman–Crippen MR) is 77.4 cm³/mol. The number of benzene rings is 1. The Morgan fingerprint density at radius 3 is 2.94 bits per heavy atom. The van der Waals surface area contributed by atoms with E-state index < -0.39 is 0 Å². The van der Waals surface area contributed by atoms with E-state index in [0.29, 0.717) is 0 Å². The lowest BCUT2D eigenvalue weighted by molar-refractivity contribution is 0.734. The number of nitrogens with one attached hydrogen (secondary N) is 1. The molecular formula is C13H15BrN2S. The first-order valence-corrected chi connectivity index (χ1v) is 7.23. The molecule has 0 bridgehead atoms. The van der Waals surface area contributed by atoms with Crippen LogP contribution in [-0.4, -0.2) is 11.5 Å². The Morgan fingerprint density at radius 1 is 1.41 bits per heavy atom. The van der Waals surface area contributed by atoms with E-state index in [1.54, 1.807) is 11.3 Å². The standard InChI is InChI=1S/C13H15BrN2S/c1-3-15-7-10-8-16-13(17-10)11-5-4-9(2)6-12(11)14/h4-6,8,15H,3,7H2,1-2H3. The summed E-state index contributed by atoms with van der Waals surface area (Å²) < 4.78 is 1.11. The molecule has 0 aliphatic carbocycles. The SMILES string of the molecule is CCNCc1cnc(-c2ccc(C)cc2Br)s1. The molecule has 0 spiro atoms. The first-order chi connectivity index (χ1) is 8.20. The minimum absolute atomic E-state index is 0.900. The molecule has 2 nitrogen and oxygen atoms in total. The molecule has 2 rings (SSSR count). The van der Waals surface area contributed by atoms with Crippen LogP contribution in [0.15, 0.2) is 28.9 Å². The summed E-state index contributed by atoms with van der Waals surface area (Å²) in [7, 11) is 0. The van der Waals surface area contributed by atoms with E-state index in [0.717, 1.165) is 22.6 Å². The van der Waals surface area contributed by atoms with Crippen LogP contribution >= 0.6 is 27.3 Å². The second kappa shape index (κ2) is 5.76. The molecule has 4 heteroatoms. The zero-order chi connectivity index (χ0) is 12.3. The van der Waals surface area contributed by atoms with Crippen LogP contribution in [0.4, 0.5) is 0 Å². The normalized spacial score (nSPS) is 10.8. The van der Waals surface area contributed by atoms with Crippen molar-refractivity contribution in [2.24, 2.45) is 0 Å². The third kappa shape index (κ3) is 3.15. The van der Waals surface area contributed by atoms with Gasteiger partial charge in [-0.05, 0) is 25.1 Å². The number of nitrogens with zero attached hydrogens (tertiary/aromatic N) is 1. The molecule has 0 aliphatic heterocycles. The summed E-state index contributed by atoms with van der Waals surface area (Å²) in [5.41, 5.74) is 2.42. The van der Waals surface area contributed by atoms with Crippen molar-refractivity contribution in [3.63, 3.8) is 0 Å². The minimum atomic E-state index is 0.900. The molecule has 0 atom stereocenters. The van der Waals surface area contributed by atoms with Crippen LogP contribution in [0.3, 0.4) is 0 Å². The lowest BCUT2D eigenvalue weighted by atomic mass is 10.2. The van der Waals surface area contributed by atoms with Gasteiger partial charge in [-0.2, -0.15) is 0 Å². The van der Waals surface area contributed by atoms with E-state index in [2.05, 4.69) is 58.3 Å². The average molecular weight is 311 g/mol. The third-order valence-corrected chi connectivity index (χ3v) is 4.14. The maximum atomic E-state index is 4.48. The van der Waals surface area contributed by atoms with Gasteiger partial charge in [-0.25, -0.2) is 4.98 Å². The Morgan fingerprint density at radius 2 is 2.24 bits per heavy atom. The molecule has 0 radical (unpaired) electrons. The van der Waals surface area contributed by atoms with Gasteiger partial charge in [0, 0.05) is 27.7 Å². The van der Waals surface area contributed by atoms with E-state index >= 15 is 0 Å². The van der Waals surface area contributed by atoms with Gasteiger partial charge in [0.2, 0.25) is 0 Å². The molecule has 0 unspecified atom stereocenters. The van der Waals surface area contributed by atoms with Crippen molar-refractivity contribution in [2.75, 3.05) is 6.54 Å². The minimum Gasteiger partial charge on any atom is -0.312 e. The molecule has 0 fully saturated rings. The molecule has 1 heterocycles. The largest absolute Gasteiger partial charge is 0.312 e. The summed E-state index contributed by atoms with van der Waals surface area (Å²) in [6, 6.07) is 6.36. The molecular weight excluding hydrogens is 296 g/mol. The highest BCUT2D eigenvalue weighted by molar-refractivity contribution is 9.10. The highest BCUT2D eigenvalue weighted by Crippen LogP contribution is 2.31. The summed E-state index contributed by atoms with van der Waals surface area (Å²) in [6.07, 6.45) is 1.95. The van der Waals surface area contributed by atoms with E-state index in [4.69, 9.17) is 0 Å². The van der Waals surface area contributed by atoms with Gasteiger partial charge < -0.3 is 5.32 Å². The van der Waals surface area contributed by atoms with E-state index in [9.17, 15) is 0 Å². The fourth-order valence-corrected chi connectivity index (χ4v) is 3.29. The van der Waals surface area contributed by atoms with Crippen LogP contribution in [-0.2, 0) is 6.54 Å². The van der Waals surface area contributed by atoms with Gasteiger partial charge in [0.15, 0.2) is 0 Å². The molecule has 1 aromatic heterocycles. The topological polar surface area (TPSA) is 24.9 Å². The Bertz CT molecular complexity index is 508. The number of aryl methyl sites for hydroxylation is 1. The van der Waals surface area contributed by atoms with Crippen molar-refractivity contribution >= 4 is 27.3 Å². The Hall–Kier alpha value is -0.710. The number of halogens is 1. The van der Waals surface area contributed by atoms with Crippen molar-refractivity contribution in [3.8, 4) is 10.6 Å². The number of thiazole rings is 1. The van der Waals surface area contributed by atoms with E-state index in [-0.39, 0.29) is 0 Å². The second-order valence-corrected chi connectivity index (χ2v) is 5.86. The molecule has 0 saturated heterocycles. The van der Waals surface area contributed by atoms with Crippen LogP contribution < -0.4 is 5.32 Å². The van der Waals surface area contributed by atoms with Crippen molar-refractivity contribution in [3.05, 3.63) is 39.3 Å².